The fourth-order valence-corrected chi connectivity index (χ4v) is 4.82. The van der Waals surface area contributed by atoms with E-state index in [9.17, 15) is 19.1 Å². The first-order valence-electron chi connectivity index (χ1n) is 12.1. The van der Waals surface area contributed by atoms with Crippen LogP contribution >= 0.6 is 11.3 Å². The molecule has 1 unspecified atom stereocenters. The number of ether oxygens (including phenoxy) is 2. The fraction of sp³-hybridized carbons (Fsp3) is 0.333. The minimum atomic E-state index is -1.01. The molecule has 10 heteroatoms. The van der Waals surface area contributed by atoms with Crippen LogP contribution < -0.4 is 14.4 Å². The van der Waals surface area contributed by atoms with Crippen LogP contribution in [0, 0.1) is 12.7 Å². The van der Waals surface area contributed by atoms with Crippen molar-refractivity contribution in [2.75, 3.05) is 18.1 Å². The number of ketones is 1. The minimum absolute atomic E-state index is 0.136. The molecular formula is C27H28FN3O5S. The zero-order valence-electron chi connectivity index (χ0n) is 20.9. The van der Waals surface area contributed by atoms with Crippen molar-refractivity contribution >= 4 is 33.9 Å². The number of halogens is 1. The van der Waals surface area contributed by atoms with E-state index >= 15 is 0 Å². The van der Waals surface area contributed by atoms with Gasteiger partial charge < -0.3 is 14.6 Å². The third-order valence-corrected chi connectivity index (χ3v) is 6.71. The van der Waals surface area contributed by atoms with Crippen molar-refractivity contribution in [2.45, 2.75) is 46.1 Å². The molecule has 0 bridgehead atoms. The van der Waals surface area contributed by atoms with Crippen LogP contribution in [0.3, 0.4) is 0 Å². The number of hydrogen-bond acceptors (Lipinski definition) is 8. The molecule has 1 aliphatic heterocycles. The molecule has 0 aliphatic carbocycles. The monoisotopic (exact) mass is 525 g/mol. The maximum Gasteiger partial charge on any atom is 0.301 e. The summed E-state index contributed by atoms with van der Waals surface area (Å²) in [7, 11) is 0. The molecule has 1 aliphatic rings. The van der Waals surface area contributed by atoms with Crippen molar-refractivity contribution in [1.82, 2.24) is 10.2 Å². The predicted molar refractivity (Wildman–Crippen MR) is 138 cm³/mol. The predicted octanol–water partition coefficient (Wildman–Crippen LogP) is 5.58. The molecule has 3 aromatic rings. The number of benzene rings is 2. The molecule has 0 radical (unpaired) electrons. The summed E-state index contributed by atoms with van der Waals surface area (Å²) < 4.78 is 25.3. The van der Waals surface area contributed by atoms with Crippen LogP contribution in [-0.4, -0.2) is 40.2 Å². The largest absolute Gasteiger partial charge is 0.507 e. The first-order valence-corrected chi connectivity index (χ1v) is 12.9. The van der Waals surface area contributed by atoms with Crippen LogP contribution in [0.4, 0.5) is 9.52 Å². The second-order valence-corrected chi connectivity index (χ2v) is 9.63. The third kappa shape index (κ3) is 5.48. The Hall–Kier alpha value is -3.79. The summed E-state index contributed by atoms with van der Waals surface area (Å²) in [6, 6.07) is 9.20. The van der Waals surface area contributed by atoms with Gasteiger partial charge in [0.05, 0.1) is 24.8 Å². The Balaban J connectivity index is 1.84. The second kappa shape index (κ2) is 11.5. The normalized spacial score (nSPS) is 16.9. The van der Waals surface area contributed by atoms with E-state index in [2.05, 4.69) is 17.1 Å². The maximum absolute atomic E-state index is 13.5. The second-order valence-electron chi connectivity index (χ2n) is 8.47. The van der Waals surface area contributed by atoms with Gasteiger partial charge in [0.15, 0.2) is 11.5 Å². The van der Waals surface area contributed by atoms with Crippen LogP contribution in [0.5, 0.6) is 11.5 Å². The molecule has 1 fully saturated rings. The molecule has 1 atom stereocenters. The van der Waals surface area contributed by atoms with Crippen LogP contribution in [0.25, 0.3) is 5.76 Å². The Morgan fingerprint density at radius 1 is 1.05 bits per heavy atom. The molecule has 1 N–H and O–H groups in total. The molecule has 2 heterocycles. The molecule has 1 aromatic heterocycles. The lowest BCUT2D eigenvalue weighted by Gasteiger charge is -2.23. The molecule has 2 aromatic carbocycles. The number of unbranched alkanes of at least 4 members (excludes halogenated alkanes) is 2. The number of aromatic nitrogens is 2. The van der Waals surface area contributed by atoms with E-state index in [-0.39, 0.29) is 16.3 Å². The van der Waals surface area contributed by atoms with Crippen LogP contribution in [0.2, 0.25) is 0 Å². The third-order valence-electron chi connectivity index (χ3n) is 5.87. The molecular weight excluding hydrogens is 497 g/mol. The molecule has 37 heavy (non-hydrogen) atoms. The first-order chi connectivity index (χ1) is 17.8. The Bertz CT molecular complexity index is 1320. The molecule has 4 rings (SSSR count). The van der Waals surface area contributed by atoms with Crippen molar-refractivity contribution in [3.63, 3.8) is 0 Å². The van der Waals surface area contributed by atoms with E-state index in [1.807, 2.05) is 6.92 Å². The lowest BCUT2D eigenvalue weighted by Crippen LogP contribution is -2.29. The smallest absolute Gasteiger partial charge is 0.301 e. The van der Waals surface area contributed by atoms with E-state index < -0.39 is 29.3 Å². The van der Waals surface area contributed by atoms with E-state index in [0.717, 1.165) is 30.6 Å². The number of hydrogen-bond donors (Lipinski definition) is 1. The van der Waals surface area contributed by atoms with Gasteiger partial charge in [0.1, 0.15) is 16.6 Å². The summed E-state index contributed by atoms with van der Waals surface area (Å²) >= 11 is 1.15. The van der Waals surface area contributed by atoms with E-state index in [1.54, 1.807) is 25.1 Å². The standard InChI is InChI=1S/C27H28FN3O5S/c1-4-6-7-14-36-20-13-10-18(15-21(20)35-5-2)23-22(24(32)17-8-11-19(28)12-9-17)25(33)26(34)31(23)27-30-29-16(3)37-27/h8-13,15,23,32H,4-7,14H2,1-3H3. The van der Waals surface area contributed by atoms with Crippen molar-refractivity contribution in [3.8, 4) is 11.5 Å². The minimum Gasteiger partial charge on any atom is -0.507 e. The lowest BCUT2D eigenvalue weighted by atomic mass is 9.95. The number of aliphatic hydroxyl groups excluding tert-OH is 1. The van der Waals surface area contributed by atoms with Gasteiger partial charge in [-0.3, -0.25) is 14.5 Å². The summed E-state index contributed by atoms with van der Waals surface area (Å²) in [5.74, 6) is -1.62. The van der Waals surface area contributed by atoms with Gasteiger partial charge in [-0.05, 0) is 62.2 Å². The van der Waals surface area contributed by atoms with Gasteiger partial charge in [-0.2, -0.15) is 0 Å². The zero-order chi connectivity index (χ0) is 26.5. The number of aryl methyl sites for hydroxylation is 1. The maximum atomic E-state index is 13.5. The average Bonchev–Trinajstić information content (AvgIpc) is 3.43. The molecule has 1 amide bonds. The highest BCUT2D eigenvalue weighted by atomic mass is 32.1. The summed E-state index contributed by atoms with van der Waals surface area (Å²) in [6.07, 6.45) is 3.01. The Morgan fingerprint density at radius 2 is 1.81 bits per heavy atom. The van der Waals surface area contributed by atoms with Gasteiger partial charge in [-0.1, -0.05) is 37.2 Å². The number of carbonyl (C=O) groups is 2. The topological polar surface area (TPSA) is 102 Å². The average molecular weight is 526 g/mol. The molecule has 1 saturated heterocycles. The zero-order valence-corrected chi connectivity index (χ0v) is 21.7. The van der Waals surface area contributed by atoms with Crippen molar-refractivity contribution < 1.29 is 28.6 Å². The van der Waals surface area contributed by atoms with E-state index in [4.69, 9.17) is 9.47 Å². The molecule has 8 nitrogen and oxygen atoms in total. The van der Waals surface area contributed by atoms with Gasteiger partial charge in [-0.15, -0.1) is 10.2 Å². The number of anilines is 1. The number of rotatable bonds is 10. The van der Waals surface area contributed by atoms with Gasteiger partial charge >= 0.3 is 5.91 Å². The highest BCUT2D eigenvalue weighted by Crippen LogP contribution is 2.44. The number of Topliss-reactive ketones (excluding diaryl/α,β-unsaturated/α-hetero) is 1. The van der Waals surface area contributed by atoms with Gasteiger partial charge in [0, 0.05) is 5.56 Å². The van der Waals surface area contributed by atoms with Gasteiger partial charge in [0.2, 0.25) is 5.13 Å². The Kier molecular flexibility index (Phi) is 8.17. The van der Waals surface area contributed by atoms with Crippen molar-refractivity contribution in [2.24, 2.45) is 0 Å². The summed E-state index contributed by atoms with van der Waals surface area (Å²) in [4.78, 5) is 27.7. The molecule has 0 saturated carbocycles. The molecule has 194 valence electrons. The van der Waals surface area contributed by atoms with Crippen molar-refractivity contribution in [3.05, 3.63) is 70.0 Å². The quantitative estimate of drug-likeness (QED) is 0.160. The van der Waals surface area contributed by atoms with Gasteiger partial charge in [0.25, 0.3) is 5.78 Å². The molecule has 0 spiro atoms. The highest BCUT2D eigenvalue weighted by molar-refractivity contribution is 7.15. The van der Waals surface area contributed by atoms with E-state index in [1.165, 1.54) is 29.2 Å². The summed E-state index contributed by atoms with van der Waals surface area (Å²) in [5, 5.41) is 20.1. The first kappa shape index (κ1) is 26.3. The Morgan fingerprint density at radius 3 is 2.46 bits per heavy atom. The van der Waals surface area contributed by atoms with Crippen LogP contribution in [0.1, 0.15) is 55.3 Å². The lowest BCUT2D eigenvalue weighted by molar-refractivity contribution is -0.132. The highest BCUT2D eigenvalue weighted by Gasteiger charge is 2.48. The SMILES string of the molecule is CCCCCOc1ccc(C2C(=C(O)c3ccc(F)cc3)C(=O)C(=O)N2c2nnc(C)s2)cc1OCC. The number of nitrogens with zero attached hydrogens (tertiary/aromatic N) is 3. The van der Waals surface area contributed by atoms with Crippen LogP contribution in [-0.2, 0) is 9.59 Å². The Labute approximate surface area is 218 Å². The number of aliphatic hydroxyl groups is 1. The van der Waals surface area contributed by atoms with Crippen LogP contribution in [0.15, 0.2) is 48.0 Å². The summed E-state index contributed by atoms with van der Waals surface area (Å²) in [5.41, 5.74) is 0.586. The fourth-order valence-electron chi connectivity index (χ4n) is 4.11. The summed E-state index contributed by atoms with van der Waals surface area (Å²) in [6.45, 7) is 6.60. The van der Waals surface area contributed by atoms with Gasteiger partial charge in [-0.25, -0.2) is 4.39 Å². The van der Waals surface area contributed by atoms with E-state index in [0.29, 0.717) is 35.3 Å². The van der Waals surface area contributed by atoms with Crippen molar-refractivity contribution in [1.29, 1.82) is 0 Å². The number of amides is 1. The number of carbonyl (C=O) groups excluding carboxylic acids is 2.